The molecule has 0 aromatic carbocycles. The van der Waals surface area contributed by atoms with Gasteiger partial charge in [0.15, 0.2) is 0 Å². The van der Waals surface area contributed by atoms with Crippen LogP contribution >= 0.6 is 0 Å². The molecule has 3 heteroatoms. The molecule has 0 amide bonds. The van der Waals surface area contributed by atoms with Crippen LogP contribution in [0, 0.1) is 0 Å². The third kappa shape index (κ3) is 19.8. The van der Waals surface area contributed by atoms with Crippen molar-refractivity contribution in [3.8, 4) is 0 Å². The quantitative estimate of drug-likeness (QED) is 0.391. The van der Waals surface area contributed by atoms with Gasteiger partial charge < -0.3 is 14.9 Å². The van der Waals surface area contributed by atoms with Crippen LogP contribution in [-0.2, 0) is 4.74 Å². The van der Waals surface area contributed by atoms with Crippen molar-refractivity contribution in [2.45, 2.75) is 117 Å². The molecule has 2 N–H and O–H groups in total. The van der Waals surface area contributed by atoms with E-state index in [0.29, 0.717) is 12.2 Å². The van der Waals surface area contributed by atoms with Crippen molar-refractivity contribution in [3.63, 3.8) is 0 Å². The molecule has 0 heterocycles. The van der Waals surface area contributed by atoms with E-state index in [9.17, 15) is 0 Å². The SMILES string of the molecule is CCCCCC(CCC)OC(CCC)CCCCC.OCCO. The Morgan fingerprint density at radius 3 is 1.22 bits per heavy atom. The Morgan fingerprint density at radius 1 is 0.565 bits per heavy atom. The van der Waals surface area contributed by atoms with E-state index < -0.39 is 0 Å². The maximum atomic E-state index is 7.62. The molecule has 3 nitrogen and oxygen atoms in total. The number of unbranched alkanes of at least 4 members (excludes halogenated alkanes) is 4. The Labute approximate surface area is 145 Å². The highest BCUT2D eigenvalue weighted by Crippen LogP contribution is 2.19. The van der Waals surface area contributed by atoms with E-state index in [2.05, 4.69) is 27.7 Å². The smallest absolute Gasteiger partial charge is 0.0662 e. The number of hydrogen-bond acceptors (Lipinski definition) is 3. The molecule has 0 saturated carbocycles. The van der Waals surface area contributed by atoms with E-state index in [4.69, 9.17) is 14.9 Å². The molecule has 0 rings (SSSR count). The molecule has 0 spiro atoms. The first-order chi connectivity index (χ1) is 11.2. The van der Waals surface area contributed by atoms with Crippen LogP contribution in [-0.4, -0.2) is 35.6 Å². The average Bonchev–Trinajstić information content (AvgIpc) is 2.56. The molecular formula is C20H44O3. The average molecular weight is 333 g/mol. The zero-order valence-corrected chi connectivity index (χ0v) is 16.4. The minimum absolute atomic E-state index is 0.125. The van der Waals surface area contributed by atoms with Crippen molar-refractivity contribution in [1.29, 1.82) is 0 Å². The highest BCUT2D eigenvalue weighted by atomic mass is 16.5. The van der Waals surface area contributed by atoms with Gasteiger partial charge in [-0.15, -0.1) is 0 Å². The van der Waals surface area contributed by atoms with E-state index in [1.165, 1.54) is 77.0 Å². The molecule has 0 aliphatic heterocycles. The Morgan fingerprint density at radius 2 is 0.957 bits per heavy atom. The lowest BCUT2D eigenvalue weighted by atomic mass is 10.0. The van der Waals surface area contributed by atoms with Gasteiger partial charge in [0.2, 0.25) is 0 Å². The topological polar surface area (TPSA) is 49.7 Å². The van der Waals surface area contributed by atoms with Gasteiger partial charge in [-0.3, -0.25) is 0 Å². The van der Waals surface area contributed by atoms with Crippen molar-refractivity contribution in [2.24, 2.45) is 0 Å². The predicted molar refractivity (Wildman–Crippen MR) is 101 cm³/mol. The molecule has 0 aromatic heterocycles. The largest absolute Gasteiger partial charge is 0.394 e. The van der Waals surface area contributed by atoms with Gasteiger partial charge in [0, 0.05) is 0 Å². The van der Waals surface area contributed by atoms with Gasteiger partial charge in [0.1, 0.15) is 0 Å². The molecule has 23 heavy (non-hydrogen) atoms. The van der Waals surface area contributed by atoms with Crippen molar-refractivity contribution >= 4 is 0 Å². The molecule has 0 bridgehead atoms. The summed E-state index contributed by atoms with van der Waals surface area (Å²) < 4.78 is 6.42. The Bertz CT molecular complexity index is 177. The monoisotopic (exact) mass is 332 g/mol. The van der Waals surface area contributed by atoms with Crippen LogP contribution < -0.4 is 0 Å². The van der Waals surface area contributed by atoms with Crippen molar-refractivity contribution in [1.82, 2.24) is 0 Å². The third-order valence-electron chi connectivity index (χ3n) is 3.97. The highest BCUT2D eigenvalue weighted by Gasteiger charge is 2.15. The summed E-state index contributed by atoms with van der Waals surface area (Å²) in [6.07, 6.45) is 16.6. The van der Waals surface area contributed by atoms with Gasteiger partial charge in [-0.05, 0) is 25.7 Å². The van der Waals surface area contributed by atoms with E-state index in [1.54, 1.807) is 0 Å². The fraction of sp³-hybridized carbons (Fsp3) is 1.00. The maximum absolute atomic E-state index is 7.62. The zero-order chi connectivity index (χ0) is 17.8. The fourth-order valence-corrected chi connectivity index (χ4v) is 2.72. The van der Waals surface area contributed by atoms with E-state index in [1.807, 2.05) is 0 Å². The summed E-state index contributed by atoms with van der Waals surface area (Å²) in [6, 6.07) is 0. The summed E-state index contributed by atoms with van der Waals surface area (Å²) in [4.78, 5) is 0. The van der Waals surface area contributed by atoms with Gasteiger partial charge in [-0.2, -0.15) is 0 Å². The Kier molecular flexibility index (Phi) is 23.9. The molecule has 0 saturated heterocycles. The minimum atomic E-state index is -0.125. The molecule has 2 atom stereocenters. The molecule has 0 aromatic rings. The summed E-state index contributed by atoms with van der Waals surface area (Å²) in [7, 11) is 0. The normalized spacial score (nSPS) is 13.3. The first-order valence-electron chi connectivity index (χ1n) is 10.1. The highest BCUT2D eigenvalue weighted by molar-refractivity contribution is 4.65. The van der Waals surface area contributed by atoms with Crippen LogP contribution in [0.4, 0.5) is 0 Å². The lowest BCUT2D eigenvalue weighted by Gasteiger charge is -2.25. The van der Waals surface area contributed by atoms with Gasteiger partial charge in [-0.1, -0.05) is 79.1 Å². The number of aliphatic hydroxyl groups is 2. The second-order valence-corrected chi connectivity index (χ2v) is 6.40. The van der Waals surface area contributed by atoms with E-state index >= 15 is 0 Å². The Hall–Kier alpha value is -0.120. The summed E-state index contributed by atoms with van der Waals surface area (Å²) in [5, 5.41) is 15.2. The molecular weight excluding hydrogens is 288 g/mol. The Balaban J connectivity index is 0. The van der Waals surface area contributed by atoms with Crippen LogP contribution in [0.5, 0.6) is 0 Å². The minimum Gasteiger partial charge on any atom is -0.394 e. The summed E-state index contributed by atoms with van der Waals surface area (Å²) in [5.41, 5.74) is 0. The fourth-order valence-electron chi connectivity index (χ4n) is 2.72. The number of aliphatic hydroxyl groups excluding tert-OH is 2. The summed E-state index contributed by atoms with van der Waals surface area (Å²) in [6.45, 7) is 8.87. The third-order valence-corrected chi connectivity index (χ3v) is 3.97. The summed E-state index contributed by atoms with van der Waals surface area (Å²) in [5.74, 6) is 0. The summed E-state index contributed by atoms with van der Waals surface area (Å²) >= 11 is 0. The van der Waals surface area contributed by atoms with E-state index in [-0.39, 0.29) is 13.2 Å². The van der Waals surface area contributed by atoms with Crippen LogP contribution in [0.1, 0.15) is 105 Å². The van der Waals surface area contributed by atoms with Crippen molar-refractivity contribution in [3.05, 3.63) is 0 Å². The molecule has 0 fully saturated rings. The number of rotatable bonds is 15. The molecule has 0 aliphatic rings. The molecule has 2 unspecified atom stereocenters. The number of ether oxygens (including phenoxy) is 1. The first kappa shape index (κ1) is 25.1. The van der Waals surface area contributed by atoms with Gasteiger partial charge in [-0.25, -0.2) is 0 Å². The van der Waals surface area contributed by atoms with Crippen LogP contribution in [0.2, 0.25) is 0 Å². The van der Waals surface area contributed by atoms with Crippen LogP contribution in [0.25, 0.3) is 0 Å². The standard InChI is InChI=1S/C18H38O.C2H6O2/c1-5-9-11-15-17(13-7-3)19-18(14-8-4)16-12-10-6-2;3-1-2-4/h17-18H,5-16H2,1-4H3;3-4H,1-2H2. The van der Waals surface area contributed by atoms with E-state index in [0.717, 1.165) is 0 Å². The first-order valence-corrected chi connectivity index (χ1v) is 10.1. The van der Waals surface area contributed by atoms with Gasteiger partial charge >= 0.3 is 0 Å². The maximum Gasteiger partial charge on any atom is 0.0662 e. The van der Waals surface area contributed by atoms with Crippen molar-refractivity contribution < 1.29 is 14.9 Å². The lowest BCUT2D eigenvalue weighted by Crippen LogP contribution is -2.22. The zero-order valence-electron chi connectivity index (χ0n) is 16.4. The van der Waals surface area contributed by atoms with Gasteiger partial charge in [0.05, 0.1) is 25.4 Å². The number of hydrogen-bond donors (Lipinski definition) is 2. The molecule has 0 aliphatic carbocycles. The van der Waals surface area contributed by atoms with Crippen LogP contribution in [0.3, 0.4) is 0 Å². The second kappa shape index (κ2) is 21.9. The van der Waals surface area contributed by atoms with Gasteiger partial charge in [0.25, 0.3) is 0 Å². The van der Waals surface area contributed by atoms with Crippen LogP contribution in [0.15, 0.2) is 0 Å². The predicted octanol–water partition coefficient (Wildman–Crippen LogP) is 5.47. The lowest BCUT2D eigenvalue weighted by molar-refractivity contribution is -0.0307. The second-order valence-electron chi connectivity index (χ2n) is 6.40. The van der Waals surface area contributed by atoms with Crippen molar-refractivity contribution in [2.75, 3.05) is 13.2 Å². The molecule has 0 radical (unpaired) electrons. The molecule has 142 valence electrons.